The number of thiophene rings is 1. The normalized spacial score (nSPS) is 11.8. The van der Waals surface area contributed by atoms with Crippen LogP contribution in [0.4, 0.5) is 0 Å². The Morgan fingerprint density at radius 1 is 1.50 bits per heavy atom. The second-order valence-corrected chi connectivity index (χ2v) is 5.58. The van der Waals surface area contributed by atoms with Crippen molar-refractivity contribution in [3.63, 3.8) is 0 Å². The smallest absolute Gasteiger partial charge is 0.206 e. The molecule has 1 rings (SSSR count). The first-order valence-electron chi connectivity index (χ1n) is 2.19. The van der Waals surface area contributed by atoms with E-state index < -0.39 is 9.05 Å². The first-order chi connectivity index (χ1) is 4.52. The van der Waals surface area contributed by atoms with E-state index in [1.165, 1.54) is 6.07 Å². The molecular weight excluding hydrogens is 215 g/mol. The van der Waals surface area contributed by atoms with Gasteiger partial charge in [0.05, 0.1) is 5.02 Å². The minimum absolute atomic E-state index is 0.0100. The first kappa shape index (κ1) is 8.33. The minimum Gasteiger partial charge on any atom is -0.206 e. The van der Waals surface area contributed by atoms with Crippen molar-refractivity contribution in [2.24, 2.45) is 0 Å². The molecule has 0 radical (unpaired) electrons. The summed E-state index contributed by atoms with van der Waals surface area (Å²) >= 11 is 6.48. The summed E-state index contributed by atoms with van der Waals surface area (Å²) in [7, 11) is 1.37. The number of rotatable bonds is 1. The molecule has 0 saturated carbocycles. The van der Waals surface area contributed by atoms with Gasteiger partial charge in [0.15, 0.2) is 4.21 Å². The van der Waals surface area contributed by atoms with Gasteiger partial charge >= 0.3 is 0 Å². The van der Waals surface area contributed by atoms with Crippen molar-refractivity contribution in [1.29, 1.82) is 0 Å². The van der Waals surface area contributed by atoms with E-state index in [0.29, 0.717) is 0 Å². The van der Waals surface area contributed by atoms with Crippen LogP contribution in [0.2, 0.25) is 5.02 Å². The quantitative estimate of drug-likeness (QED) is 0.676. The van der Waals surface area contributed by atoms with E-state index in [4.69, 9.17) is 22.3 Å². The molecule has 6 heteroatoms. The fourth-order valence-electron chi connectivity index (χ4n) is 0.454. The Morgan fingerprint density at radius 2 is 2.10 bits per heavy atom. The van der Waals surface area contributed by atoms with Crippen LogP contribution < -0.4 is 0 Å². The highest BCUT2D eigenvalue weighted by atomic mass is 35.7. The largest absolute Gasteiger partial charge is 0.272 e. The third-order valence-electron chi connectivity index (χ3n) is 0.806. The van der Waals surface area contributed by atoms with Crippen LogP contribution in [-0.2, 0) is 9.05 Å². The highest BCUT2D eigenvalue weighted by Gasteiger charge is 2.15. The molecule has 1 aromatic heterocycles. The minimum atomic E-state index is -3.63. The zero-order valence-electron chi connectivity index (χ0n) is 4.54. The zero-order valence-corrected chi connectivity index (χ0v) is 7.69. The van der Waals surface area contributed by atoms with Crippen molar-refractivity contribution in [3.8, 4) is 0 Å². The van der Waals surface area contributed by atoms with Crippen LogP contribution in [0, 0.1) is 0 Å². The predicted octanol–water partition coefficient (Wildman–Crippen LogP) is 2.33. The standard InChI is InChI=1S/C4H2Cl2O2S2/c5-3-1-2-9-4(3)10(6,7)8/h1-2H. The average molecular weight is 217 g/mol. The summed E-state index contributed by atoms with van der Waals surface area (Å²) in [6, 6.07) is 1.49. The van der Waals surface area contributed by atoms with E-state index in [9.17, 15) is 8.42 Å². The summed E-state index contributed by atoms with van der Waals surface area (Å²) in [5, 5.41) is 1.75. The van der Waals surface area contributed by atoms with E-state index in [1.54, 1.807) is 5.38 Å². The summed E-state index contributed by atoms with van der Waals surface area (Å²) in [6.07, 6.45) is 0. The van der Waals surface area contributed by atoms with Gasteiger partial charge in [-0.15, -0.1) is 11.3 Å². The van der Waals surface area contributed by atoms with Crippen molar-refractivity contribution in [1.82, 2.24) is 0 Å². The van der Waals surface area contributed by atoms with Gasteiger partial charge in [0.1, 0.15) is 0 Å². The summed E-state index contributed by atoms with van der Waals surface area (Å²) in [4.78, 5) is 0. The molecule has 2 nitrogen and oxygen atoms in total. The Labute approximate surface area is 71.8 Å². The second-order valence-electron chi connectivity index (χ2n) is 1.49. The van der Waals surface area contributed by atoms with Crippen LogP contribution >= 0.6 is 33.6 Å². The molecule has 0 atom stereocenters. The molecule has 0 aliphatic heterocycles. The Bertz CT molecular complexity index is 327. The van der Waals surface area contributed by atoms with Gasteiger partial charge in [-0.25, -0.2) is 8.42 Å². The maximum absolute atomic E-state index is 10.6. The van der Waals surface area contributed by atoms with E-state index in [2.05, 4.69) is 0 Å². The molecule has 0 amide bonds. The molecule has 0 saturated heterocycles. The van der Waals surface area contributed by atoms with Crippen LogP contribution in [0.25, 0.3) is 0 Å². The molecular formula is C4H2Cl2O2S2. The van der Waals surface area contributed by atoms with Gasteiger partial charge < -0.3 is 0 Å². The highest BCUT2D eigenvalue weighted by Crippen LogP contribution is 2.29. The van der Waals surface area contributed by atoms with Gasteiger partial charge in [0.25, 0.3) is 9.05 Å². The average Bonchev–Trinajstić information content (AvgIpc) is 2.11. The molecule has 0 unspecified atom stereocenters. The van der Waals surface area contributed by atoms with Gasteiger partial charge in [0.2, 0.25) is 0 Å². The molecule has 1 heterocycles. The van der Waals surface area contributed by atoms with Crippen LogP contribution in [0.15, 0.2) is 15.7 Å². The summed E-state index contributed by atoms with van der Waals surface area (Å²) in [6.45, 7) is 0. The van der Waals surface area contributed by atoms with E-state index in [0.717, 1.165) is 11.3 Å². The topological polar surface area (TPSA) is 34.1 Å². The number of halogens is 2. The Hall–Kier alpha value is 0.230. The van der Waals surface area contributed by atoms with Gasteiger partial charge in [0, 0.05) is 10.7 Å². The lowest BCUT2D eigenvalue weighted by molar-refractivity contribution is 0.611. The van der Waals surface area contributed by atoms with E-state index in [1.807, 2.05) is 0 Å². The van der Waals surface area contributed by atoms with Crippen LogP contribution in [0.5, 0.6) is 0 Å². The van der Waals surface area contributed by atoms with Crippen molar-refractivity contribution in [2.45, 2.75) is 4.21 Å². The lowest BCUT2D eigenvalue weighted by atomic mass is 10.7. The van der Waals surface area contributed by atoms with E-state index >= 15 is 0 Å². The van der Waals surface area contributed by atoms with Crippen LogP contribution in [0.1, 0.15) is 0 Å². The fourth-order valence-corrected chi connectivity index (χ4v) is 3.16. The lowest BCUT2D eigenvalue weighted by Gasteiger charge is -1.87. The van der Waals surface area contributed by atoms with Crippen LogP contribution in [-0.4, -0.2) is 8.42 Å². The Balaban J connectivity index is 3.32. The van der Waals surface area contributed by atoms with Crippen molar-refractivity contribution >= 4 is 42.7 Å². The van der Waals surface area contributed by atoms with Crippen molar-refractivity contribution < 1.29 is 8.42 Å². The molecule has 0 aliphatic rings. The summed E-state index contributed by atoms with van der Waals surface area (Å²) in [5.74, 6) is 0. The third-order valence-corrected chi connectivity index (χ3v) is 4.40. The van der Waals surface area contributed by atoms with Gasteiger partial charge in [-0.1, -0.05) is 11.6 Å². The zero-order chi connectivity index (χ0) is 7.78. The molecule has 10 heavy (non-hydrogen) atoms. The molecule has 0 aliphatic carbocycles. The first-order valence-corrected chi connectivity index (χ1v) is 5.76. The van der Waals surface area contributed by atoms with Gasteiger partial charge in [-0.3, -0.25) is 0 Å². The number of hydrogen-bond donors (Lipinski definition) is 0. The molecule has 0 fully saturated rings. The van der Waals surface area contributed by atoms with Crippen LogP contribution in [0.3, 0.4) is 0 Å². The monoisotopic (exact) mass is 216 g/mol. The molecule has 0 aromatic carbocycles. The third kappa shape index (κ3) is 1.63. The maximum atomic E-state index is 10.6. The predicted molar refractivity (Wildman–Crippen MR) is 42.4 cm³/mol. The highest BCUT2D eigenvalue weighted by molar-refractivity contribution is 8.15. The molecule has 0 spiro atoms. The second kappa shape index (κ2) is 2.70. The molecule has 1 aromatic rings. The SMILES string of the molecule is O=S(=O)(Cl)c1sccc1Cl. The Kier molecular flexibility index (Phi) is 2.24. The van der Waals surface area contributed by atoms with Crippen molar-refractivity contribution in [2.75, 3.05) is 0 Å². The molecule has 0 N–H and O–H groups in total. The maximum Gasteiger partial charge on any atom is 0.272 e. The molecule has 0 bridgehead atoms. The molecule has 56 valence electrons. The summed E-state index contributed by atoms with van der Waals surface area (Å²) < 4.78 is 21.2. The fraction of sp³-hybridized carbons (Fsp3) is 0. The lowest BCUT2D eigenvalue weighted by Crippen LogP contribution is -1.84. The van der Waals surface area contributed by atoms with E-state index in [-0.39, 0.29) is 9.23 Å². The Morgan fingerprint density at radius 3 is 2.30 bits per heavy atom. The number of hydrogen-bond acceptors (Lipinski definition) is 3. The summed E-state index contributed by atoms with van der Waals surface area (Å²) in [5.41, 5.74) is 0. The van der Waals surface area contributed by atoms with Gasteiger partial charge in [-0.05, 0) is 11.4 Å². The van der Waals surface area contributed by atoms with Gasteiger partial charge in [-0.2, -0.15) is 0 Å². The van der Waals surface area contributed by atoms with Crippen molar-refractivity contribution in [3.05, 3.63) is 16.5 Å².